The summed E-state index contributed by atoms with van der Waals surface area (Å²) in [5, 5.41) is 2.27. The average Bonchev–Trinajstić information content (AvgIpc) is 2.14. The van der Waals surface area contributed by atoms with Gasteiger partial charge in [0.1, 0.15) is 0 Å². The summed E-state index contributed by atoms with van der Waals surface area (Å²) in [5.74, 6) is 0.545. The second kappa shape index (κ2) is 2.56. The van der Waals surface area contributed by atoms with Crippen LogP contribution in [-0.4, -0.2) is 5.12 Å². The minimum absolute atomic E-state index is 0.290. The van der Waals surface area contributed by atoms with E-state index >= 15 is 0 Å². The zero-order valence-corrected chi connectivity index (χ0v) is 6.49. The van der Waals surface area contributed by atoms with Gasteiger partial charge in [-0.3, -0.25) is 4.79 Å². The lowest BCUT2D eigenvalue weighted by Crippen LogP contribution is -1.92. The number of carbonyl (C=O) groups excluding carboxylic acids is 1. The molecule has 0 unspecified atom stereocenters. The fourth-order valence-corrected chi connectivity index (χ4v) is 1.62. The molecule has 1 nitrogen and oxygen atoms in total. The van der Waals surface area contributed by atoms with E-state index in [0.29, 0.717) is 17.5 Å². The molecule has 0 aromatic rings. The quantitative estimate of drug-likeness (QED) is 0.558. The zero-order valence-electron chi connectivity index (χ0n) is 5.68. The molecule has 0 amide bonds. The molecule has 9 heavy (non-hydrogen) atoms. The Hall–Kier alpha value is -0.240. The largest absolute Gasteiger partial charge is 0.287 e. The number of hydrogen-bond donors (Lipinski definition) is 0. The number of carbonyl (C=O) groups is 1. The second-order valence-corrected chi connectivity index (χ2v) is 3.44. The summed E-state index contributed by atoms with van der Waals surface area (Å²) in [7, 11) is 0. The van der Waals surface area contributed by atoms with Crippen molar-refractivity contribution in [1.82, 2.24) is 0 Å². The molecule has 0 aliphatic carbocycles. The minimum Gasteiger partial charge on any atom is -0.287 e. The maximum atomic E-state index is 10.7. The van der Waals surface area contributed by atoms with Crippen molar-refractivity contribution in [3.05, 3.63) is 11.0 Å². The molecule has 0 saturated heterocycles. The average molecular weight is 142 g/mol. The first-order valence-corrected chi connectivity index (χ1v) is 3.96. The molecule has 0 fully saturated rings. The van der Waals surface area contributed by atoms with Crippen LogP contribution >= 0.6 is 11.8 Å². The number of allylic oxidation sites excluding steroid dienone is 1. The van der Waals surface area contributed by atoms with E-state index in [1.54, 1.807) is 0 Å². The maximum Gasteiger partial charge on any atom is 0.197 e. The van der Waals surface area contributed by atoms with E-state index in [0.717, 1.165) is 0 Å². The van der Waals surface area contributed by atoms with Crippen LogP contribution < -0.4 is 0 Å². The first-order chi connectivity index (χ1) is 4.20. The highest BCUT2D eigenvalue weighted by Gasteiger charge is 2.15. The number of hydrogen-bond acceptors (Lipinski definition) is 2. The summed E-state index contributed by atoms with van der Waals surface area (Å²) in [6.45, 7) is 4.23. The third kappa shape index (κ3) is 1.58. The van der Waals surface area contributed by atoms with E-state index in [4.69, 9.17) is 0 Å². The van der Waals surface area contributed by atoms with Crippen LogP contribution in [0.15, 0.2) is 11.0 Å². The third-order valence-corrected chi connectivity index (χ3v) is 2.26. The summed E-state index contributed by atoms with van der Waals surface area (Å²) in [5.41, 5.74) is 1.28. The van der Waals surface area contributed by atoms with E-state index in [-0.39, 0.29) is 0 Å². The van der Waals surface area contributed by atoms with Gasteiger partial charge < -0.3 is 0 Å². The molecule has 1 heterocycles. The van der Waals surface area contributed by atoms with Crippen LogP contribution in [0.25, 0.3) is 0 Å². The van der Waals surface area contributed by atoms with Crippen molar-refractivity contribution in [1.29, 1.82) is 0 Å². The van der Waals surface area contributed by atoms with Crippen LogP contribution in [-0.2, 0) is 4.79 Å². The SMILES string of the molecule is CC(C)C1=CSC(=O)C1. The zero-order chi connectivity index (χ0) is 6.85. The Bertz CT molecular complexity index is 158. The Kier molecular flexibility index (Phi) is 1.96. The highest BCUT2D eigenvalue weighted by atomic mass is 32.2. The van der Waals surface area contributed by atoms with Gasteiger partial charge in [-0.25, -0.2) is 0 Å². The van der Waals surface area contributed by atoms with Crippen LogP contribution in [0.1, 0.15) is 20.3 Å². The van der Waals surface area contributed by atoms with Gasteiger partial charge in [0.25, 0.3) is 0 Å². The first kappa shape index (κ1) is 6.87. The highest BCUT2D eigenvalue weighted by molar-refractivity contribution is 8.16. The third-order valence-electron chi connectivity index (χ3n) is 1.43. The van der Waals surface area contributed by atoms with Gasteiger partial charge in [0, 0.05) is 6.42 Å². The van der Waals surface area contributed by atoms with E-state index in [1.807, 2.05) is 5.41 Å². The Morgan fingerprint density at radius 1 is 1.67 bits per heavy atom. The van der Waals surface area contributed by atoms with Crippen molar-refractivity contribution in [3.8, 4) is 0 Å². The van der Waals surface area contributed by atoms with E-state index in [2.05, 4.69) is 13.8 Å². The van der Waals surface area contributed by atoms with Crippen LogP contribution in [0.2, 0.25) is 0 Å². The van der Waals surface area contributed by atoms with Crippen molar-refractivity contribution < 1.29 is 4.79 Å². The first-order valence-electron chi connectivity index (χ1n) is 3.08. The molecular formula is C7H10OS. The lowest BCUT2D eigenvalue weighted by molar-refractivity contribution is -0.110. The van der Waals surface area contributed by atoms with Gasteiger partial charge in [0.2, 0.25) is 0 Å². The Morgan fingerprint density at radius 3 is 2.56 bits per heavy atom. The van der Waals surface area contributed by atoms with E-state index in [1.165, 1.54) is 17.3 Å². The summed E-state index contributed by atoms with van der Waals surface area (Å²) >= 11 is 1.33. The molecule has 0 spiro atoms. The van der Waals surface area contributed by atoms with Crippen molar-refractivity contribution in [2.75, 3.05) is 0 Å². The van der Waals surface area contributed by atoms with Gasteiger partial charge in [-0.1, -0.05) is 31.2 Å². The highest BCUT2D eigenvalue weighted by Crippen LogP contribution is 2.28. The molecule has 1 rings (SSSR count). The molecule has 0 radical (unpaired) electrons. The summed E-state index contributed by atoms with van der Waals surface area (Å²) < 4.78 is 0. The molecule has 0 aromatic heterocycles. The van der Waals surface area contributed by atoms with Gasteiger partial charge in [0.05, 0.1) is 0 Å². The Balaban J connectivity index is 2.55. The van der Waals surface area contributed by atoms with E-state index < -0.39 is 0 Å². The lowest BCUT2D eigenvalue weighted by atomic mass is 10.0. The maximum absolute atomic E-state index is 10.7. The molecule has 0 bridgehead atoms. The molecule has 0 saturated carbocycles. The van der Waals surface area contributed by atoms with Gasteiger partial charge in [-0.15, -0.1) is 0 Å². The predicted octanol–water partition coefficient (Wildman–Crippen LogP) is 2.19. The van der Waals surface area contributed by atoms with Crippen molar-refractivity contribution >= 4 is 16.9 Å². The van der Waals surface area contributed by atoms with Gasteiger partial charge in [-0.05, 0) is 11.3 Å². The van der Waals surface area contributed by atoms with Crippen molar-refractivity contribution in [3.63, 3.8) is 0 Å². The minimum atomic E-state index is 0.290. The summed E-state index contributed by atoms with van der Waals surface area (Å²) in [6, 6.07) is 0. The lowest BCUT2D eigenvalue weighted by Gasteiger charge is -2.01. The van der Waals surface area contributed by atoms with Gasteiger partial charge in [0.15, 0.2) is 5.12 Å². The number of thioether (sulfide) groups is 1. The van der Waals surface area contributed by atoms with Crippen LogP contribution in [0.3, 0.4) is 0 Å². The second-order valence-electron chi connectivity index (χ2n) is 2.51. The molecular weight excluding hydrogens is 132 g/mol. The van der Waals surface area contributed by atoms with Crippen molar-refractivity contribution in [2.24, 2.45) is 5.92 Å². The number of rotatable bonds is 1. The fourth-order valence-electron chi connectivity index (χ4n) is 0.732. The van der Waals surface area contributed by atoms with Gasteiger partial charge >= 0.3 is 0 Å². The fraction of sp³-hybridized carbons (Fsp3) is 0.571. The van der Waals surface area contributed by atoms with Gasteiger partial charge in [-0.2, -0.15) is 0 Å². The normalized spacial score (nSPS) is 19.0. The molecule has 0 N–H and O–H groups in total. The standard InChI is InChI=1S/C7H10OS/c1-5(2)6-3-7(8)9-4-6/h4-5H,3H2,1-2H3. The summed E-state index contributed by atoms with van der Waals surface area (Å²) in [4.78, 5) is 10.7. The smallest absolute Gasteiger partial charge is 0.197 e. The molecule has 0 aromatic carbocycles. The monoisotopic (exact) mass is 142 g/mol. The predicted molar refractivity (Wildman–Crippen MR) is 40.1 cm³/mol. The summed E-state index contributed by atoms with van der Waals surface area (Å²) in [6.07, 6.45) is 0.669. The van der Waals surface area contributed by atoms with Crippen LogP contribution in [0, 0.1) is 5.92 Å². The topological polar surface area (TPSA) is 17.1 Å². The molecule has 0 atom stereocenters. The van der Waals surface area contributed by atoms with Crippen LogP contribution in [0.4, 0.5) is 0 Å². The molecule has 50 valence electrons. The molecule has 2 heteroatoms. The van der Waals surface area contributed by atoms with E-state index in [9.17, 15) is 4.79 Å². The molecule has 1 aliphatic heterocycles. The van der Waals surface area contributed by atoms with Crippen LogP contribution in [0.5, 0.6) is 0 Å². The Labute approximate surface area is 59.5 Å². The molecule has 1 aliphatic rings. The Morgan fingerprint density at radius 2 is 2.33 bits per heavy atom. The van der Waals surface area contributed by atoms with Crippen molar-refractivity contribution in [2.45, 2.75) is 20.3 Å².